The summed E-state index contributed by atoms with van der Waals surface area (Å²) in [5, 5.41) is 11.3. The SMILES string of the molecule is C[C@H]1CN(C(=O)c2cn(-c3ccccc3)nn2)CCN1. The van der Waals surface area contributed by atoms with Crippen molar-refractivity contribution in [3.63, 3.8) is 0 Å². The van der Waals surface area contributed by atoms with Gasteiger partial charge in [0.25, 0.3) is 5.91 Å². The van der Waals surface area contributed by atoms with Gasteiger partial charge >= 0.3 is 0 Å². The van der Waals surface area contributed by atoms with Crippen LogP contribution in [0.5, 0.6) is 0 Å². The van der Waals surface area contributed by atoms with Gasteiger partial charge in [-0.05, 0) is 19.1 Å². The largest absolute Gasteiger partial charge is 0.334 e. The van der Waals surface area contributed by atoms with Crippen molar-refractivity contribution in [1.82, 2.24) is 25.2 Å². The van der Waals surface area contributed by atoms with Gasteiger partial charge in [-0.1, -0.05) is 23.4 Å². The van der Waals surface area contributed by atoms with Gasteiger partial charge in [0.05, 0.1) is 11.9 Å². The fourth-order valence-electron chi connectivity index (χ4n) is 2.35. The maximum atomic E-state index is 12.4. The van der Waals surface area contributed by atoms with Crippen LogP contribution in [0.3, 0.4) is 0 Å². The van der Waals surface area contributed by atoms with Crippen molar-refractivity contribution in [3.8, 4) is 5.69 Å². The summed E-state index contributed by atoms with van der Waals surface area (Å²) in [6.07, 6.45) is 1.68. The number of carbonyl (C=O) groups excluding carboxylic acids is 1. The van der Waals surface area contributed by atoms with Crippen LogP contribution in [-0.2, 0) is 0 Å². The zero-order valence-corrected chi connectivity index (χ0v) is 11.4. The fraction of sp³-hybridized carbons (Fsp3) is 0.357. The van der Waals surface area contributed by atoms with Crippen molar-refractivity contribution in [2.24, 2.45) is 0 Å². The Hall–Kier alpha value is -2.21. The number of nitrogens with zero attached hydrogens (tertiary/aromatic N) is 4. The molecule has 1 aliphatic rings. The third-order valence-electron chi connectivity index (χ3n) is 3.39. The van der Waals surface area contributed by atoms with Crippen molar-refractivity contribution in [2.45, 2.75) is 13.0 Å². The minimum atomic E-state index is -0.0551. The number of benzene rings is 1. The molecule has 20 heavy (non-hydrogen) atoms. The lowest BCUT2D eigenvalue weighted by atomic mass is 10.2. The normalized spacial score (nSPS) is 19.1. The molecule has 1 atom stereocenters. The summed E-state index contributed by atoms with van der Waals surface area (Å²) in [6, 6.07) is 9.96. The molecule has 1 saturated heterocycles. The number of piperazine rings is 1. The summed E-state index contributed by atoms with van der Waals surface area (Å²) in [7, 11) is 0. The molecular formula is C14H17N5O. The number of hydrogen-bond donors (Lipinski definition) is 1. The van der Waals surface area contributed by atoms with E-state index in [9.17, 15) is 4.79 Å². The first-order chi connectivity index (χ1) is 9.74. The number of amides is 1. The predicted octanol–water partition coefficient (Wildman–Crippen LogP) is 0.701. The quantitative estimate of drug-likeness (QED) is 0.873. The van der Waals surface area contributed by atoms with Crippen LogP contribution in [-0.4, -0.2) is 51.5 Å². The van der Waals surface area contributed by atoms with E-state index >= 15 is 0 Å². The molecule has 1 aromatic heterocycles. The van der Waals surface area contributed by atoms with E-state index in [1.165, 1.54) is 0 Å². The molecule has 0 saturated carbocycles. The molecule has 1 aliphatic heterocycles. The Balaban J connectivity index is 1.78. The standard InChI is InChI=1S/C14H17N5O/c1-11-9-18(8-7-15-11)14(20)13-10-19(17-16-13)12-5-3-2-4-6-12/h2-6,10-11,15H,7-9H2,1H3/t11-/m0/s1. The van der Waals surface area contributed by atoms with Crippen LogP contribution in [0.1, 0.15) is 17.4 Å². The Morgan fingerprint density at radius 2 is 2.15 bits per heavy atom. The molecule has 0 spiro atoms. The smallest absolute Gasteiger partial charge is 0.276 e. The molecule has 1 aromatic carbocycles. The van der Waals surface area contributed by atoms with Gasteiger partial charge in [0.15, 0.2) is 5.69 Å². The average molecular weight is 271 g/mol. The van der Waals surface area contributed by atoms with Crippen molar-refractivity contribution in [1.29, 1.82) is 0 Å². The van der Waals surface area contributed by atoms with Crippen LogP contribution in [0, 0.1) is 0 Å². The number of hydrogen-bond acceptors (Lipinski definition) is 4. The first-order valence-corrected chi connectivity index (χ1v) is 6.74. The van der Waals surface area contributed by atoms with E-state index in [2.05, 4.69) is 22.6 Å². The van der Waals surface area contributed by atoms with Crippen LogP contribution in [0.4, 0.5) is 0 Å². The molecule has 1 N–H and O–H groups in total. The van der Waals surface area contributed by atoms with E-state index in [4.69, 9.17) is 0 Å². The summed E-state index contributed by atoms with van der Waals surface area (Å²) >= 11 is 0. The molecule has 3 rings (SSSR count). The number of nitrogens with one attached hydrogen (secondary N) is 1. The second-order valence-electron chi connectivity index (χ2n) is 4.99. The lowest BCUT2D eigenvalue weighted by Crippen LogP contribution is -2.51. The van der Waals surface area contributed by atoms with Crippen LogP contribution >= 0.6 is 0 Å². The van der Waals surface area contributed by atoms with E-state index in [0.29, 0.717) is 24.8 Å². The molecular weight excluding hydrogens is 254 g/mol. The van der Waals surface area contributed by atoms with Crippen LogP contribution in [0.25, 0.3) is 5.69 Å². The lowest BCUT2D eigenvalue weighted by Gasteiger charge is -2.31. The molecule has 104 valence electrons. The van der Waals surface area contributed by atoms with E-state index in [1.54, 1.807) is 10.9 Å². The Morgan fingerprint density at radius 1 is 1.35 bits per heavy atom. The highest BCUT2D eigenvalue weighted by Gasteiger charge is 2.23. The summed E-state index contributed by atoms with van der Waals surface area (Å²) in [5.74, 6) is -0.0551. The average Bonchev–Trinajstić information content (AvgIpc) is 2.97. The van der Waals surface area contributed by atoms with Gasteiger partial charge in [-0.3, -0.25) is 4.79 Å². The summed E-state index contributed by atoms with van der Waals surface area (Å²) < 4.78 is 1.62. The molecule has 2 heterocycles. The molecule has 2 aromatic rings. The van der Waals surface area contributed by atoms with Crippen LogP contribution in [0.2, 0.25) is 0 Å². The van der Waals surface area contributed by atoms with E-state index in [-0.39, 0.29) is 5.91 Å². The highest BCUT2D eigenvalue weighted by atomic mass is 16.2. The van der Waals surface area contributed by atoms with Crippen molar-refractivity contribution in [2.75, 3.05) is 19.6 Å². The van der Waals surface area contributed by atoms with E-state index in [0.717, 1.165) is 12.2 Å². The van der Waals surface area contributed by atoms with Gasteiger partial charge in [0.1, 0.15) is 0 Å². The first-order valence-electron chi connectivity index (χ1n) is 6.74. The Morgan fingerprint density at radius 3 is 2.90 bits per heavy atom. The first kappa shape index (κ1) is 12.8. The van der Waals surface area contributed by atoms with Gasteiger partial charge in [0, 0.05) is 25.7 Å². The van der Waals surface area contributed by atoms with Gasteiger partial charge in [-0.25, -0.2) is 4.68 Å². The van der Waals surface area contributed by atoms with E-state index < -0.39 is 0 Å². The summed E-state index contributed by atoms with van der Waals surface area (Å²) in [5.41, 5.74) is 1.29. The monoisotopic (exact) mass is 271 g/mol. The van der Waals surface area contributed by atoms with Gasteiger partial charge in [-0.2, -0.15) is 0 Å². The molecule has 0 unspecified atom stereocenters. The molecule has 6 nitrogen and oxygen atoms in total. The molecule has 1 fully saturated rings. The maximum Gasteiger partial charge on any atom is 0.276 e. The third-order valence-corrected chi connectivity index (χ3v) is 3.39. The Kier molecular flexibility index (Phi) is 3.47. The summed E-state index contributed by atoms with van der Waals surface area (Å²) in [4.78, 5) is 14.2. The molecule has 0 radical (unpaired) electrons. The van der Waals surface area contributed by atoms with E-state index in [1.807, 2.05) is 35.2 Å². The van der Waals surface area contributed by atoms with Gasteiger partial charge in [-0.15, -0.1) is 5.10 Å². The number of para-hydroxylation sites is 1. The molecule has 1 amide bonds. The predicted molar refractivity (Wildman–Crippen MR) is 74.7 cm³/mol. The number of carbonyl (C=O) groups is 1. The molecule has 6 heteroatoms. The van der Waals surface area contributed by atoms with Gasteiger partial charge in [0.2, 0.25) is 0 Å². The zero-order chi connectivity index (χ0) is 13.9. The highest BCUT2D eigenvalue weighted by molar-refractivity contribution is 5.92. The summed E-state index contributed by atoms with van der Waals surface area (Å²) in [6.45, 7) is 4.30. The van der Waals surface area contributed by atoms with Crippen molar-refractivity contribution in [3.05, 3.63) is 42.2 Å². The second kappa shape index (κ2) is 5.42. The minimum absolute atomic E-state index is 0.0551. The lowest BCUT2D eigenvalue weighted by molar-refractivity contribution is 0.0703. The second-order valence-corrected chi connectivity index (χ2v) is 4.99. The maximum absolute atomic E-state index is 12.4. The number of aromatic nitrogens is 3. The van der Waals surface area contributed by atoms with Crippen LogP contribution < -0.4 is 5.32 Å². The third kappa shape index (κ3) is 2.55. The Labute approximate surface area is 117 Å². The zero-order valence-electron chi connectivity index (χ0n) is 11.4. The molecule has 0 bridgehead atoms. The van der Waals surface area contributed by atoms with Gasteiger partial charge < -0.3 is 10.2 Å². The van der Waals surface area contributed by atoms with Crippen molar-refractivity contribution >= 4 is 5.91 Å². The topological polar surface area (TPSA) is 63.1 Å². The van der Waals surface area contributed by atoms with Crippen LogP contribution in [0.15, 0.2) is 36.5 Å². The van der Waals surface area contributed by atoms with Crippen molar-refractivity contribution < 1.29 is 4.79 Å². The molecule has 0 aliphatic carbocycles. The highest BCUT2D eigenvalue weighted by Crippen LogP contribution is 2.09. The number of rotatable bonds is 2. The minimum Gasteiger partial charge on any atom is -0.334 e. The fourth-order valence-corrected chi connectivity index (χ4v) is 2.35. The Bertz CT molecular complexity index is 595.